The first-order valence-electron chi connectivity index (χ1n) is 13.3. The van der Waals surface area contributed by atoms with Crippen molar-refractivity contribution >= 4 is 19.5 Å². The van der Waals surface area contributed by atoms with Crippen LogP contribution in [-0.2, 0) is 23.4 Å². The summed E-state index contributed by atoms with van der Waals surface area (Å²) >= 11 is 0. The van der Waals surface area contributed by atoms with Gasteiger partial charge in [-0.25, -0.2) is 9.36 Å². The first-order chi connectivity index (χ1) is 19.5. The number of azide groups is 1. The summed E-state index contributed by atoms with van der Waals surface area (Å²) in [6.07, 6.45) is 1.60. The van der Waals surface area contributed by atoms with Crippen molar-refractivity contribution < 1.29 is 33.0 Å². The number of aromatic nitrogens is 2. The van der Waals surface area contributed by atoms with Crippen molar-refractivity contribution in [1.82, 2.24) is 14.6 Å². The number of nitrogens with one attached hydrogen (secondary N) is 1. The average molecular weight is 592 g/mol. The van der Waals surface area contributed by atoms with Crippen LogP contribution < -0.4 is 21.0 Å². The Morgan fingerprint density at radius 1 is 1.34 bits per heavy atom. The number of esters is 1. The maximum atomic E-state index is 13.9. The third-order valence-corrected chi connectivity index (χ3v) is 8.68. The first-order valence-corrected chi connectivity index (χ1v) is 14.8. The van der Waals surface area contributed by atoms with Crippen LogP contribution in [0.15, 0.2) is 52.5 Å². The molecule has 1 aromatic heterocycles. The standard InChI is InChI=1S/C25H34N7O8P/c1-16(22(34)38-17-9-5-3-6-10-17)29-41(36,40-18-11-7-4-8-12-18)37-15-19-21(33)25(2,30-31-27)23(39-19)32-14-13-20(26)28-24(32)35/h4,7-8,11-14,16-17,19,21,23,33H,3,5-6,9-10,15H2,1-2H3,(H,29,36)(H2,26,28,35)/t16-,19+,21+,23?,25+,41?/m0/s1. The number of ether oxygens (including phenoxy) is 2. The Morgan fingerprint density at radius 2 is 2.05 bits per heavy atom. The van der Waals surface area contributed by atoms with Gasteiger partial charge in [0.05, 0.1) is 12.7 Å². The third kappa shape index (κ3) is 7.25. The van der Waals surface area contributed by atoms with Gasteiger partial charge in [-0.05, 0) is 63.3 Å². The number of benzene rings is 1. The molecule has 0 bridgehead atoms. The maximum Gasteiger partial charge on any atom is 0.459 e. The molecule has 0 amide bonds. The quantitative estimate of drug-likeness (QED) is 0.113. The molecule has 16 heteroatoms. The van der Waals surface area contributed by atoms with Crippen LogP contribution in [0.1, 0.15) is 52.2 Å². The Labute approximate surface area is 236 Å². The number of carbonyl (C=O) groups is 1. The molecule has 1 aliphatic carbocycles. The van der Waals surface area contributed by atoms with Crippen LogP contribution in [0.3, 0.4) is 0 Å². The Morgan fingerprint density at radius 3 is 2.71 bits per heavy atom. The summed E-state index contributed by atoms with van der Waals surface area (Å²) in [6.45, 7) is 2.34. The summed E-state index contributed by atoms with van der Waals surface area (Å²) in [6, 6.07) is 8.46. The number of aliphatic hydroxyl groups excluding tert-OH is 1. The molecule has 0 spiro atoms. The second kappa shape index (κ2) is 13.0. The average Bonchev–Trinajstić information content (AvgIpc) is 3.18. The van der Waals surface area contributed by atoms with Crippen molar-refractivity contribution in [2.75, 3.05) is 12.3 Å². The molecule has 41 heavy (non-hydrogen) atoms. The van der Waals surface area contributed by atoms with Gasteiger partial charge in [0.25, 0.3) is 0 Å². The van der Waals surface area contributed by atoms with Crippen molar-refractivity contribution in [2.24, 2.45) is 5.11 Å². The smallest absolute Gasteiger partial charge is 0.459 e. The molecule has 0 radical (unpaired) electrons. The summed E-state index contributed by atoms with van der Waals surface area (Å²) in [7, 11) is -4.29. The van der Waals surface area contributed by atoms with Crippen molar-refractivity contribution in [3.05, 3.63) is 63.5 Å². The van der Waals surface area contributed by atoms with Gasteiger partial charge >= 0.3 is 19.4 Å². The minimum Gasteiger partial charge on any atom is -0.461 e. The highest BCUT2D eigenvalue weighted by Gasteiger charge is 2.55. The normalized spacial score (nSPS) is 26.9. The fourth-order valence-electron chi connectivity index (χ4n) is 4.81. The zero-order valence-electron chi connectivity index (χ0n) is 22.7. The number of hydrogen-bond acceptors (Lipinski definition) is 11. The van der Waals surface area contributed by atoms with E-state index in [1.54, 1.807) is 30.3 Å². The molecule has 2 aliphatic rings. The SMILES string of the molecule is C[C@H](NP(=O)(OC[C@H]1OC(n2ccc(N)nc2=O)[C@](C)(N=[N+]=[N-])[C@@H]1O)Oc1ccccc1)C(=O)OC1CCCCC1. The van der Waals surface area contributed by atoms with E-state index in [-0.39, 0.29) is 17.7 Å². The van der Waals surface area contributed by atoms with Gasteiger partial charge in [0, 0.05) is 11.1 Å². The van der Waals surface area contributed by atoms with E-state index in [1.165, 1.54) is 26.1 Å². The molecule has 4 rings (SSSR count). The number of anilines is 1. The number of nitrogen functional groups attached to an aromatic ring is 1. The van der Waals surface area contributed by atoms with E-state index in [4.69, 9.17) is 24.3 Å². The van der Waals surface area contributed by atoms with E-state index in [0.717, 1.165) is 36.7 Å². The Hall–Kier alpha value is -3.45. The lowest BCUT2D eigenvalue weighted by molar-refractivity contribution is -0.152. The molecule has 2 unspecified atom stereocenters. The number of nitrogens with two attached hydrogens (primary N) is 1. The molecule has 4 N–H and O–H groups in total. The molecule has 2 heterocycles. The summed E-state index contributed by atoms with van der Waals surface area (Å²) < 4.78 is 37.8. The second-order valence-electron chi connectivity index (χ2n) is 10.2. The third-order valence-electron chi connectivity index (χ3n) is 7.04. The lowest BCUT2D eigenvalue weighted by Crippen LogP contribution is -2.45. The molecule has 1 aromatic carbocycles. The number of para-hydroxylation sites is 1. The highest BCUT2D eigenvalue weighted by atomic mass is 31.2. The molecule has 15 nitrogen and oxygen atoms in total. The maximum absolute atomic E-state index is 13.9. The van der Waals surface area contributed by atoms with Crippen molar-refractivity contribution in [2.45, 2.75) is 82.1 Å². The summed E-state index contributed by atoms with van der Waals surface area (Å²) in [5, 5.41) is 17.4. The van der Waals surface area contributed by atoms with Crippen LogP contribution >= 0.6 is 7.75 Å². The van der Waals surface area contributed by atoms with Crippen LogP contribution in [-0.4, -0.2) is 57.1 Å². The van der Waals surface area contributed by atoms with Gasteiger partial charge in [-0.3, -0.25) is 13.9 Å². The summed E-state index contributed by atoms with van der Waals surface area (Å²) in [5.41, 5.74) is 12.3. The van der Waals surface area contributed by atoms with E-state index >= 15 is 0 Å². The number of aliphatic hydroxyl groups is 1. The Kier molecular flexibility index (Phi) is 9.69. The lowest BCUT2D eigenvalue weighted by atomic mass is 9.93. The van der Waals surface area contributed by atoms with E-state index < -0.39 is 56.0 Å². The largest absolute Gasteiger partial charge is 0.461 e. The molecule has 2 aromatic rings. The van der Waals surface area contributed by atoms with E-state index in [0.29, 0.717) is 0 Å². The second-order valence-corrected chi connectivity index (χ2v) is 11.9. The lowest BCUT2D eigenvalue weighted by Gasteiger charge is -2.28. The minimum absolute atomic E-state index is 0.0311. The van der Waals surface area contributed by atoms with Crippen molar-refractivity contribution in [3.8, 4) is 5.75 Å². The van der Waals surface area contributed by atoms with Crippen LogP contribution in [0.5, 0.6) is 5.75 Å². The predicted octanol–water partition coefficient (Wildman–Crippen LogP) is 3.21. The monoisotopic (exact) mass is 591 g/mol. The number of nitrogens with zero attached hydrogens (tertiary/aromatic N) is 5. The first kappa shape index (κ1) is 30.5. The summed E-state index contributed by atoms with van der Waals surface area (Å²) in [4.78, 5) is 31.8. The van der Waals surface area contributed by atoms with E-state index in [2.05, 4.69) is 20.1 Å². The van der Waals surface area contributed by atoms with Crippen LogP contribution in [0.2, 0.25) is 0 Å². The van der Waals surface area contributed by atoms with Gasteiger partial charge < -0.3 is 24.8 Å². The molecule has 6 atom stereocenters. The molecule has 1 saturated carbocycles. The van der Waals surface area contributed by atoms with E-state index in [9.17, 15) is 24.8 Å². The van der Waals surface area contributed by atoms with Crippen LogP contribution in [0.4, 0.5) is 5.82 Å². The highest BCUT2D eigenvalue weighted by molar-refractivity contribution is 7.52. The number of carbonyl (C=O) groups excluding carboxylic acids is 1. The zero-order chi connectivity index (χ0) is 29.6. The fraction of sp³-hybridized carbons (Fsp3) is 0.560. The predicted molar refractivity (Wildman–Crippen MR) is 147 cm³/mol. The molecule has 2 fully saturated rings. The molecule has 1 saturated heterocycles. The molecular weight excluding hydrogens is 557 g/mol. The number of hydrogen-bond donors (Lipinski definition) is 3. The molecule has 1 aliphatic heterocycles. The zero-order valence-corrected chi connectivity index (χ0v) is 23.6. The van der Waals surface area contributed by atoms with Gasteiger partial charge in [0.15, 0.2) is 6.23 Å². The van der Waals surface area contributed by atoms with Crippen LogP contribution in [0.25, 0.3) is 10.4 Å². The summed E-state index contributed by atoms with van der Waals surface area (Å²) in [5.74, 6) is -0.447. The van der Waals surface area contributed by atoms with Gasteiger partial charge in [-0.1, -0.05) is 29.7 Å². The fourth-order valence-corrected chi connectivity index (χ4v) is 6.31. The van der Waals surface area contributed by atoms with Gasteiger partial charge in [-0.15, -0.1) is 0 Å². The van der Waals surface area contributed by atoms with Crippen molar-refractivity contribution in [1.29, 1.82) is 0 Å². The number of rotatable bonds is 11. The Bertz CT molecular complexity index is 1370. The molecular formula is C25H34N7O8P. The molecule has 222 valence electrons. The van der Waals surface area contributed by atoms with Crippen molar-refractivity contribution in [3.63, 3.8) is 0 Å². The van der Waals surface area contributed by atoms with Gasteiger partial charge in [0.2, 0.25) is 0 Å². The minimum atomic E-state index is -4.29. The van der Waals surface area contributed by atoms with Crippen LogP contribution in [0, 0.1) is 0 Å². The van der Waals surface area contributed by atoms with E-state index in [1.807, 2.05) is 0 Å². The van der Waals surface area contributed by atoms with Gasteiger partial charge in [-0.2, -0.15) is 10.1 Å². The topological polar surface area (TPSA) is 213 Å². The highest BCUT2D eigenvalue weighted by Crippen LogP contribution is 2.47. The Balaban J connectivity index is 1.53. The van der Waals surface area contributed by atoms with Gasteiger partial charge in [0.1, 0.15) is 35.4 Å².